The van der Waals surface area contributed by atoms with Crippen LogP contribution in [-0.2, 0) is 26.8 Å². The Morgan fingerprint density at radius 1 is 1.06 bits per heavy atom. The molecule has 3 aromatic rings. The molecule has 0 radical (unpaired) electrons. The van der Waals surface area contributed by atoms with Gasteiger partial charge < -0.3 is 0 Å². The summed E-state index contributed by atoms with van der Waals surface area (Å²) in [5, 5.41) is 0.487. The quantitative estimate of drug-likeness (QED) is 0.434. The zero-order chi connectivity index (χ0) is 24.2. The zero-order valence-electron chi connectivity index (χ0n) is 19.2. The maximum Gasteiger partial charge on any atom is 0.262 e. The normalized spacial score (nSPS) is 12.0. The van der Waals surface area contributed by atoms with E-state index in [2.05, 4.69) is 41.3 Å². The van der Waals surface area contributed by atoms with E-state index in [1.54, 1.807) is 55.5 Å². The van der Waals surface area contributed by atoms with E-state index in [0.29, 0.717) is 17.4 Å². The van der Waals surface area contributed by atoms with Crippen LogP contribution in [0.25, 0.3) is 10.9 Å². The number of carbonyl (C=O) groups is 1. The Balaban J connectivity index is 1.58. The van der Waals surface area contributed by atoms with E-state index >= 15 is 0 Å². The minimum atomic E-state index is -3.73. The molecule has 0 bridgehead atoms. The first-order valence-corrected chi connectivity index (χ1v) is 12.2. The fourth-order valence-electron chi connectivity index (χ4n) is 3.26. The molecule has 1 aromatic heterocycles. The van der Waals surface area contributed by atoms with Gasteiger partial charge in [0.05, 0.1) is 15.8 Å². The van der Waals surface area contributed by atoms with Gasteiger partial charge in [-0.2, -0.15) is 0 Å². The van der Waals surface area contributed by atoms with Crippen molar-refractivity contribution in [3.8, 4) is 0 Å². The van der Waals surface area contributed by atoms with E-state index in [0.717, 1.165) is 5.56 Å². The maximum atomic E-state index is 12.6. The number of fused-ring (bicyclic) bond motifs is 1. The molecule has 10 heteroatoms. The average molecular weight is 472 g/mol. The molecular formula is C23H29N5O4S. The first kappa shape index (κ1) is 24.4. The molecule has 1 amide bonds. The predicted molar refractivity (Wildman–Crippen MR) is 128 cm³/mol. The fourth-order valence-corrected chi connectivity index (χ4v) is 4.29. The number of anilines is 1. The highest BCUT2D eigenvalue weighted by Gasteiger charge is 2.18. The van der Waals surface area contributed by atoms with E-state index in [1.807, 2.05) is 0 Å². The molecule has 3 N–H and O–H groups in total. The minimum absolute atomic E-state index is 0.0799. The van der Waals surface area contributed by atoms with Crippen LogP contribution in [-0.4, -0.2) is 30.4 Å². The molecule has 1 heterocycles. The molecule has 0 spiro atoms. The molecule has 3 rings (SSSR count). The van der Waals surface area contributed by atoms with Crippen molar-refractivity contribution in [3.63, 3.8) is 0 Å². The number of hydrazine groups is 1. The third-order valence-corrected chi connectivity index (χ3v) is 6.64. The SMILES string of the molecule is CCn1c(NNC(=O)CCNS(=O)(=O)c2ccc(C(C)(C)C)cc2)nc2ccccc2c1=O. The van der Waals surface area contributed by atoms with Crippen molar-refractivity contribution >= 4 is 32.8 Å². The second kappa shape index (κ2) is 9.72. The van der Waals surface area contributed by atoms with Crippen molar-refractivity contribution in [2.24, 2.45) is 0 Å². The van der Waals surface area contributed by atoms with Gasteiger partial charge in [0.25, 0.3) is 5.56 Å². The van der Waals surface area contributed by atoms with E-state index in [9.17, 15) is 18.0 Å². The number of nitrogens with one attached hydrogen (secondary N) is 3. The van der Waals surface area contributed by atoms with Gasteiger partial charge in [-0.25, -0.2) is 18.1 Å². The van der Waals surface area contributed by atoms with Crippen molar-refractivity contribution in [2.45, 2.75) is 51.0 Å². The molecule has 0 aliphatic carbocycles. The van der Waals surface area contributed by atoms with Gasteiger partial charge in [-0.05, 0) is 42.2 Å². The molecule has 0 saturated heterocycles. The lowest BCUT2D eigenvalue weighted by atomic mass is 9.87. The third-order valence-electron chi connectivity index (χ3n) is 5.17. The van der Waals surface area contributed by atoms with Gasteiger partial charge in [0.1, 0.15) is 0 Å². The van der Waals surface area contributed by atoms with Gasteiger partial charge in [-0.1, -0.05) is 45.0 Å². The van der Waals surface area contributed by atoms with E-state index in [1.165, 1.54) is 4.57 Å². The Kier molecular flexibility index (Phi) is 7.19. The number of para-hydroxylation sites is 1. The van der Waals surface area contributed by atoms with Crippen LogP contribution in [0.2, 0.25) is 0 Å². The number of hydrogen-bond donors (Lipinski definition) is 3. The van der Waals surface area contributed by atoms with Crippen molar-refractivity contribution in [3.05, 3.63) is 64.4 Å². The summed E-state index contributed by atoms with van der Waals surface area (Å²) < 4.78 is 28.8. The van der Waals surface area contributed by atoms with Gasteiger partial charge in [0.15, 0.2) is 0 Å². The number of sulfonamides is 1. The summed E-state index contributed by atoms with van der Waals surface area (Å²) in [4.78, 5) is 29.4. The Morgan fingerprint density at radius 3 is 2.36 bits per heavy atom. The summed E-state index contributed by atoms with van der Waals surface area (Å²) in [6.45, 7) is 8.23. The van der Waals surface area contributed by atoms with E-state index in [4.69, 9.17) is 0 Å². The second-order valence-corrected chi connectivity index (χ2v) is 10.4. The Hall–Kier alpha value is -3.24. The molecule has 0 unspecified atom stereocenters. The summed E-state index contributed by atoms with van der Waals surface area (Å²) in [6.07, 6.45) is -0.101. The summed E-state index contributed by atoms with van der Waals surface area (Å²) in [7, 11) is -3.73. The highest BCUT2D eigenvalue weighted by Crippen LogP contribution is 2.23. The number of hydrogen-bond acceptors (Lipinski definition) is 6. The summed E-state index contributed by atoms with van der Waals surface area (Å²) in [6, 6.07) is 13.6. The first-order chi connectivity index (χ1) is 15.5. The van der Waals surface area contributed by atoms with Crippen molar-refractivity contribution < 1.29 is 13.2 Å². The molecule has 0 aliphatic heterocycles. The van der Waals surface area contributed by atoms with Gasteiger partial charge in [-0.3, -0.25) is 25.0 Å². The molecule has 33 heavy (non-hydrogen) atoms. The monoisotopic (exact) mass is 471 g/mol. The summed E-state index contributed by atoms with van der Waals surface area (Å²) in [5.41, 5.74) is 6.38. The topological polar surface area (TPSA) is 122 Å². The zero-order valence-corrected chi connectivity index (χ0v) is 20.0. The molecule has 0 fully saturated rings. The lowest BCUT2D eigenvalue weighted by Gasteiger charge is -2.19. The van der Waals surface area contributed by atoms with Crippen LogP contribution in [0.3, 0.4) is 0 Å². The number of amides is 1. The standard InChI is InChI=1S/C23H29N5O4S/c1-5-28-21(30)18-8-6-7-9-19(18)25-22(28)27-26-20(29)14-15-24-33(31,32)17-12-10-16(11-13-17)23(2,3)4/h6-13,24H,5,14-15H2,1-4H3,(H,25,27)(H,26,29). The number of aromatic nitrogens is 2. The fraction of sp³-hybridized carbons (Fsp3) is 0.348. The van der Waals surface area contributed by atoms with Gasteiger partial charge in [0.2, 0.25) is 21.9 Å². The van der Waals surface area contributed by atoms with Crippen LogP contribution >= 0.6 is 0 Å². The summed E-state index contributed by atoms with van der Waals surface area (Å²) in [5.74, 6) is -0.250. The Bertz CT molecular complexity index is 1310. The minimum Gasteiger partial charge on any atom is -0.277 e. The Labute approximate surface area is 193 Å². The lowest BCUT2D eigenvalue weighted by Crippen LogP contribution is -2.36. The van der Waals surface area contributed by atoms with Crippen LogP contribution in [0.5, 0.6) is 0 Å². The highest BCUT2D eigenvalue weighted by atomic mass is 32.2. The maximum absolute atomic E-state index is 12.6. The van der Waals surface area contributed by atoms with Crippen LogP contribution in [0, 0.1) is 0 Å². The van der Waals surface area contributed by atoms with Crippen LogP contribution < -0.4 is 21.1 Å². The molecule has 0 saturated carbocycles. The van der Waals surface area contributed by atoms with Crippen LogP contribution in [0.1, 0.15) is 39.7 Å². The van der Waals surface area contributed by atoms with Gasteiger partial charge in [-0.15, -0.1) is 0 Å². The summed E-state index contributed by atoms with van der Waals surface area (Å²) >= 11 is 0. The molecule has 0 aliphatic rings. The molecule has 2 aromatic carbocycles. The third kappa shape index (κ3) is 5.77. The number of nitrogens with zero attached hydrogens (tertiary/aromatic N) is 2. The highest BCUT2D eigenvalue weighted by molar-refractivity contribution is 7.89. The molecule has 176 valence electrons. The van der Waals surface area contributed by atoms with Crippen molar-refractivity contribution in [1.82, 2.24) is 19.7 Å². The molecule has 0 atom stereocenters. The molecule has 9 nitrogen and oxygen atoms in total. The molecular weight excluding hydrogens is 442 g/mol. The van der Waals surface area contributed by atoms with Crippen LogP contribution in [0.4, 0.5) is 5.95 Å². The predicted octanol–water partition coefficient (Wildman–Crippen LogP) is 2.53. The second-order valence-electron chi connectivity index (χ2n) is 8.60. The van der Waals surface area contributed by atoms with E-state index < -0.39 is 15.9 Å². The first-order valence-electron chi connectivity index (χ1n) is 10.7. The van der Waals surface area contributed by atoms with Crippen molar-refractivity contribution in [2.75, 3.05) is 12.0 Å². The van der Waals surface area contributed by atoms with Gasteiger partial charge >= 0.3 is 0 Å². The lowest BCUT2D eigenvalue weighted by molar-refractivity contribution is -0.120. The average Bonchev–Trinajstić information content (AvgIpc) is 2.77. The number of carbonyl (C=O) groups excluding carboxylic acids is 1. The number of rotatable bonds is 8. The smallest absolute Gasteiger partial charge is 0.262 e. The van der Waals surface area contributed by atoms with Crippen LogP contribution in [0.15, 0.2) is 58.2 Å². The number of benzene rings is 2. The van der Waals surface area contributed by atoms with E-state index in [-0.39, 0.29) is 34.8 Å². The van der Waals surface area contributed by atoms with Crippen molar-refractivity contribution in [1.29, 1.82) is 0 Å². The van der Waals surface area contributed by atoms with Gasteiger partial charge in [0, 0.05) is 19.5 Å². The largest absolute Gasteiger partial charge is 0.277 e. The Morgan fingerprint density at radius 2 is 1.73 bits per heavy atom.